The summed E-state index contributed by atoms with van der Waals surface area (Å²) in [6, 6.07) is 14.9. The van der Waals surface area contributed by atoms with Gasteiger partial charge in [0.1, 0.15) is 5.65 Å². The Morgan fingerprint density at radius 3 is 2.81 bits per heavy atom. The van der Waals surface area contributed by atoms with E-state index in [0.717, 1.165) is 11.3 Å². The Morgan fingerprint density at radius 2 is 2.04 bits per heavy atom. The van der Waals surface area contributed by atoms with Crippen LogP contribution < -0.4 is 10.9 Å². The maximum atomic E-state index is 12.1. The first-order chi connectivity index (χ1) is 12.6. The molecule has 0 spiro atoms. The summed E-state index contributed by atoms with van der Waals surface area (Å²) in [6.07, 6.45) is 1.71. The van der Waals surface area contributed by atoms with Crippen molar-refractivity contribution < 1.29 is 4.79 Å². The third-order valence-corrected chi connectivity index (χ3v) is 4.23. The summed E-state index contributed by atoms with van der Waals surface area (Å²) < 4.78 is 1.52. The molecule has 0 aliphatic rings. The molecule has 0 aliphatic heterocycles. The molecule has 1 amide bonds. The van der Waals surface area contributed by atoms with Crippen LogP contribution in [0, 0.1) is 0 Å². The van der Waals surface area contributed by atoms with Crippen LogP contribution in [0.3, 0.4) is 0 Å². The van der Waals surface area contributed by atoms with E-state index in [1.807, 2.05) is 43.3 Å². The third kappa shape index (κ3) is 4.08. The fourth-order valence-electron chi connectivity index (χ4n) is 2.83. The Labute approximate surface area is 152 Å². The minimum absolute atomic E-state index is 0.0618. The normalized spacial score (nSPS) is 10.7. The smallest absolute Gasteiger partial charge is 0.258 e. The average molecular weight is 350 g/mol. The Hall–Kier alpha value is -3.15. The van der Waals surface area contributed by atoms with E-state index in [1.54, 1.807) is 30.2 Å². The summed E-state index contributed by atoms with van der Waals surface area (Å²) in [5, 5.41) is 3.30. The molecule has 0 atom stereocenters. The van der Waals surface area contributed by atoms with E-state index < -0.39 is 0 Å². The molecule has 3 rings (SSSR count). The van der Waals surface area contributed by atoms with Crippen molar-refractivity contribution in [2.45, 2.75) is 26.9 Å². The SMILES string of the molecule is CCN(Cc1cccc(NCc2cc(=O)n3ccccc3n2)c1)C(C)=O. The van der Waals surface area contributed by atoms with Crippen LogP contribution in [0.1, 0.15) is 25.1 Å². The molecular formula is C20H22N4O2. The maximum absolute atomic E-state index is 12.1. The molecule has 0 radical (unpaired) electrons. The van der Waals surface area contributed by atoms with E-state index in [-0.39, 0.29) is 11.5 Å². The number of fused-ring (bicyclic) bond motifs is 1. The Morgan fingerprint density at radius 1 is 1.19 bits per heavy atom. The van der Waals surface area contributed by atoms with E-state index >= 15 is 0 Å². The second kappa shape index (κ2) is 7.82. The topological polar surface area (TPSA) is 66.7 Å². The highest BCUT2D eigenvalue weighted by atomic mass is 16.2. The van der Waals surface area contributed by atoms with Gasteiger partial charge < -0.3 is 10.2 Å². The zero-order valence-corrected chi connectivity index (χ0v) is 15.0. The van der Waals surface area contributed by atoms with E-state index in [4.69, 9.17) is 0 Å². The molecule has 2 heterocycles. The quantitative estimate of drug-likeness (QED) is 0.742. The average Bonchev–Trinajstić information content (AvgIpc) is 2.64. The number of aromatic nitrogens is 2. The van der Waals surface area contributed by atoms with Gasteiger partial charge in [-0.3, -0.25) is 14.0 Å². The molecule has 2 aromatic heterocycles. The van der Waals surface area contributed by atoms with Crippen molar-refractivity contribution in [1.29, 1.82) is 0 Å². The fraction of sp³-hybridized carbons (Fsp3) is 0.250. The van der Waals surface area contributed by atoms with Crippen LogP contribution in [0.25, 0.3) is 5.65 Å². The van der Waals surface area contributed by atoms with Crippen molar-refractivity contribution in [3.63, 3.8) is 0 Å². The number of rotatable bonds is 6. The van der Waals surface area contributed by atoms with Crippen LogP contribution in [0.5, 0.6) is 0 Å². The number of anilines is 1. The van der Waals surface area contributed by atoms with E-state index in [9.17, 15) is 9.59 Å². The highest BCUT2D eigenvalue weighted by molar-refractivity contribution is 5.73. The number of pyridine rings is 1. The number of benzene rings is 1. The molecule has 0 saturated heterocycles. The number of amides is 1. The van der Waals surface area contributed by atoms with Gasteiger partial charge in [0.25, 0.3) is 5.56 Å². The van der Waals surface area contributed by atoms with Gasteiger partial charge in [-0.25, -0.2) is 4.98 Å². The number of hydrogen-bond donors (Lipinski definition) is 1. The van der Waals surface area contributed by atoms with Crippen molar-refractivity contribution in [1.82, 2.24) is 14.3 Å². The molecular weight excluding hydrogens is 328 g/mol. The van der Waals surface area contributed by atoms with Gasteiger partial charge in [0.05, 0.1) is 12.2 Å². The molecule has 3 aromatic rings. The molecule has 0 saturated carbocycles. The molecule has 134 valence electrons. The minimum atomic E-state index is -0.0961. The molecule has 0 aliphatic carbocycles. The highest BCUT2D eigenvalue weighted by Crippen LogP contribution is 2.14. The first-order valence-electron chi connectivity index (χ1n) is 8.62. The maximum Gasteiger partial charge on any atom is 0.258 e. The Balaban J connectivity index is 1.73. The van der Waals surface area contributed by atoms with Gasteiger partial charge in [-0.1, -0.05) is 18.2 Å². The van der Waals surface area contributed by atoms with Crippen molar-refractivity contribution in [3.05, 3.63) is 76.3 Å². The largest absolute Gasteiger partial charge is 0.379 e. The first-order valence-corrected chi connectivity index (χ1v) is 8.62. The molecule has 0 bridgehead atoms. The molecule has 0 unspecified atom stereocenters. The van der Waals surface area contributed by atoms with Crippen LogP contribution in [0.2, 0.25) is 0 Å². The van der Waals surface area contributed by atoms with Crippen LogP contribution in [0.15, 0.2) is 59.5 Å². The van der Waals surface area contributed by atoms with Crippen molar-refractivity contribution in [2.24, 2.45) is 0 Å². The molecule has 6 heteroatoms. The van der Waals surface area contributed by atoms with Gasteiger partial charge in [0, 0.05) is 38.0 Å². The lowest BCUT2D eigenvalue weighted by Crippen LogP contribution is -2.27. The van der Waals surface area contributed by atoms with E-state index in [1.165, 1.54) is 4.40 Å². The first kappa shape index (κ1) is 17.7. The zero-order chi connectivity index (χ0) is 18.5. The van der Waals surface area contributed by atoms with Gasteiger partial charge >= 0.3 is 0 Å². The number of carbonyl (C=O) groups excluding carboxylic acids is 1. The van der Waals surface area contributed by atoms with Crippen LogP contribution in [-0.4, -0.2) is 26.7 Å². The summed E-state index contributed by atoms with van der Waals surface area (Å²) >= 11 is 0. The number of nitrogens with one attached hydrogen (secondary N) is 1. The number of hydrogen-bond acceptors (Lipinski definition) is 4. The number of nitrogens with zero attached hydrogens (tertiary/aromatic N) is 3. The van der Waals surface area contributed by atoms with Crippen LogP contribution >= 0.6 is 0 Å². The number of carbonyl (C=O) groups is 1. The van der Waals surface area contributed by atoms with Gasteiger partial charge in [-0.15, -0.1) is 0 Å². The zero-order valence-electron chi connectivity index (χ0n) is 15.0. The molecule has 1 aromatic carbocycles. The lowest BCUT2D eigenvalue weighted by molar-refractivity contribution is -0.129. The lowest BCUT2D eigenvalue weighted by atomic mass is 10.2. The predicted octanol–water partition coefficient (Wildman–Crippen LogP) is 2.68. The van der Waals surface area contributed by atoms with Gasteiger partial charge in [0.2, 0.25) is 5.91 Å². The summed E-state index contributed by atoms with van der Waals surface area (Å²) in [4.78, 5) is 30.0. The second-order valence-corrected chi connectivity index (χ2v) is 6.10. The van der Waals surface area contributed by atoms with Gasteiger partial charge in [-0.05, 0) is 36.8 Å². The standard InChI is InChI=1S/C20H22N4O2/c1-3-23(15(2)25)14-16-7-6-8-17(11-16)21-13-18-12-20(26)24-10-5-4-9-19(24)22-18/h4-12,21H,3,13-14H2,1-2H3. The summed E-state index contributed by atoms with van der Waals surface area (Å²) in [7, 11) is 0. The summed E-state index contributed by atoms with van der Waals surface area (Å²) in [5.41, 5.74) is 3.20. The lowest BCUT2D eigenvalue weighted by Gasteiger charge is -2.19. The molecule has 6 nitrogen and oxygen atoms in total. The van der Waals surface area contributed by atoms with E-state index in [0.29, 0.717) is 31.0 Å². The van der Waals surface area contributed by atoms with E-state index in [2.05, 4.69) is 10.3 Å². The van der Waals surface area contributed by atoms with Crippen molar-refractivity contribution in [3.8, 4) is 0 Å². The van der Waals surface area contributed by atoms with Gasteiger partial charge in [0.15, 0.2) is 0 Å². The van der Waals surface area contributed by atoms with Crippen LogP contribution in [-0.2, 0) is 17.9 Å². The van der Waals surface area contributed by atoms with Gasteiger partial charge in [-0.2, -0.15) is 0 Å². The molecule has 0 fully saturated rings. The fourth-order valence-corrected chi connectivity index (χ4v) is 2.83. The monoisotopic (exact) mass is 350 g/mol. The summed E-state index contributed by atoms with van der Waals surface area (Å²) in [5.74, 6) is 0.0618. The van der Waals surface area contributed by atoms with Crippen molar-refractivity contribution >= 4 is 17.2 Å². The second-order valence-electron chi connectivity index (χ2n) is 6.10. The molecule has 26 heavy (non-hydrogen) atoms. The predicted molar refractivity (Wildman–Crippen MR) is 102 cm³/mol. The third-order valence-electron chi connectivity index (χ3n) is 4.23. The Bertz CT molecular complexity index is 981. The Kier molecular flexibility index (Phi) is 5.31. The van der Waals surface area contributed by atoms with Crippen LogP contribution in [0.4, 0.5) is 5.69 Å². The van der Waals surface area contributed by atoms with Crippen molar-refractivity contribution in [2.75, 3.05) is 11.9 Å². The minimum Gasteiger partial charge on any atom is -0.379 e. The summed E-state index contributed by atoms with van der Waals surface area (Å²) in [6.45, 7) is 5.26. The molecule has 1 N–H and O–H groups in total. The highest BCUT2D eigenvalue weighted by Gasteiger charge is 2.07.